The van der Waals surface area contributed by atoms with E-state index in [4.69, 9.17) is 4.74 Å². The van der Waals surface area contributed by atoms with Crippen molar-refractivity contribution in [1.29, 1.82) is 0 Å². The third kappa shape index (κ3) is 3.85. The Balaban J connectivity index is 1.50. The predicted molar refractivity (Wildman–Crippen MR) is 83.1 cm³/mol. The summed E-state index contributed by atoms with van der Waals surface area (Å²) in [5.74, 6) is 1.03. The van der Waals surface area contributed by atoms with Crippen LogP contribution in [0.1, 0.15) is 18.5 Å². The quantitative estimate of drug-likeness (QED) is 0.851. The number of hydrogen-bond donors (Lipinski definition) is 0. The average molecular weight is 303 g/mol. The van der Waals surface area contributed by atoms with Gasteiger partial charge in [-0.2, -0.15) is 5.10 Å². The number of hydrogen-bond acceptors (Lipinski definition) is 3. The van der Waals surface area contributed by atoms with Gasteiger partial charge in [0.05, 0.1) is 12.3 Å². The molecule has 0 amide bonds. The minimum atomic E-state index is -0.229. The van der Waals surface area contributed by atoms with Gasteiger partial charge in [0.25, 0.3) is 0 Å². The number of aromatic nitrogens is 2. The fourth-order valence-electron chi connectivity index (χ4n) is 2.96. The molecule has 0 spiro atoms. The topological polar surface area (TPSA) is 30.3 Å². The number of rotatable bonds is 5. The van der Waals surface area contributed by atoms with Gasteiger partial charge in [-0.25, -0.2) is 4.39 Å². The predicted octanol–water partition coefficient (Wildman–Crippen LogP) is 2.85. The van der Waals surface area contributed by atoms with Gasteiger partial charge in [-0.1, -0.05) is 0 Å². The summed E-state index contributed by atoms with van der Waals surface area (Å²) in [5.41, 5.74) is 1.24. The minimum Gasteiger partial charge on any atom is -0.493 e. The van der Waals surface area contributed by atoms with Crippen LogP contribution in [0, 0.1) is 11.7 Å². The Morgan fingerprint density at radius 1 is 1.27 bits per heavy atom. The molecule has 3 rings (SSSR count). The second-order valence-electron chi connectivity index (χ2n) is 5.95. The van der Waals surface area contributed by atoms with Gasteiger partial charge in [-0.05, 0) is 49.7 Å². The molecule has 0 unspecified atom stereocenters. The van der Waals surface area contributed by atoms with E-state index in [0.29, 0.717) is 12.5 Å². The summed E-state index contributed by atoms with van der Waals surface area (Å²) in [6.07, 6.45) is 4.22. The van der Waals surface area contributed by atoms with E-state index < -0.39 is 0 Å². The van der Waals surface area contributed by atoms with Gasteiger partial charge in [0.1, 0.15) is 11.6 Å². The molecule has 1 aliphatic rings. The monoisotopic (exact) mass is 303 g/mol. The molecule has 0 radical (unpaired) electrons. The number of likely N-dealkylation sites (tertiary alicyclic amines) is 1. The van der Waals surface area contributed by atoms with Gasteiger partial charge in [-0.3, -0.25) is 9.58 Å². The maximum Gasteiger partial charge on any atom is 0.123 e. The molecule has 0 saturated carbocycles. The highest BCUT2D eigenvalue weighted by atomic mass is 19.1. The molecular weight excluding hydrogens is 281 g/mol. The Hall–Kier alpha value is -1.88. The van der Waals surface area contributed by atoms with E-state index in [-0.39, 0.29) is 5.82 Å². The molecule has 0 bridgehead atoms. The lowest BCUT2D eigenvalue weighted by Crippen LogP contribution is -2.37. The Bertz CT molecular complexity index is 596. The van der Waals surface area contributed by atoms with Crippen molar-refractivity contribution in [2.75, 3.05) is 19.7 Å². The van der Waals surface area contributed by atoms with Crippen molar-refractivity contribution in [2.24, 2.45) is 13.0 Å². The molecule has 5 heteroatoms. The zero-order chi connectivity index (χ0) is 15.4. The van der Waals surface area contributed by atoms with Crippen molar-refractivity contribution in [1.82, 2.24) is 14.7 Å². The summed E-state index contributed by atoms with van der Waals surface area (Å²) in [6.45, 7) is 3.78. The van der Waals surface area contributed by atoms with Crippen LogP contribution in [0.4, 0.5) is 4.39 Å². The number of benzene rings is 1. The highest BCUT2D eigenvalue weighted by molar-refractivity contribution is 5.22. The SMILES string of the molecule is Cn1nccc1CN1CCC[C@H](COc2ccc(F)cc2)C1. The van der Waals surface area contributed by atoms with Crippen LogP contribution >= 0.6 is 0 Å². The first-order chi connectivity index (χ1) is 10.7. The molecule has 1 atom stereocenters. The summed E-state index contributed by atoms with van der Waals surface area (Å²) in [6, 6.07) is 8.31. The van der Waals surface area contributed by atoms with Crippen molar-refractivity contribution in [3.63, 3.8) is 0 Å². The highest BCUT2D eigenvalue weighted by Crippen LogP contribution is 2.20. The normalized spacial score (nSPS) is 19.3. The summed E-state index contributed by atoms with van der Waals surface area (Å²) < 4.78 is 20.6. The molecule has 0 aliphatic carbocycles. The van der Waals surface area contributed by atoms with Gasteiger partial charge in [0, 0.05) is 32.3 Å². The van der Waals surface area contributed by atoms with Crippen LogP contribution < -0.4 is 4.74 Å². The lowest BCUT2D eigenvalue weighted by Gasteiger charge is -2.32. The van der Waals surface area contributed by atoms with Crippen LogP contribution in [0.15, 0.2) is 36.5 Å². The Morgan fingerprint density at radius 3 is 2.82 bits per heavy atom. The van der Waals surface area contributed by atoms with E-state index in [0.717, 1.165) is 25.4 Å². The number of ether oxygens (including phenoxy) is 1. The lowest BCUT2D eigenvalue weighted by molar-refractivity contribution is 0.123. The van der Waals surface area contributed by atoms with Gasteiger partial charge in [0.2, 0.25) is 0 Å². The number of piperidine rings is 1. The molecule has 1 aromatic carbocycles. The average Bonchev–Trinajstić information content (AvgIpc) is 2.92. The summed E-state index contributed by atoms with van der Waals surface area (Å²) in [7, 11) is 1.98. The number of nitrogens with zero attached hydrogens (tertiary/aromatic N) is 3. The molecular formula is C17H22FN3O. The van der Waals surface area contributed by atoms with Gasteiger partial charge in [0.15, 0.2) is 0 Å². The minimum absolute atomic E-state index is 0.229. The van der Waals surface area contributed by atoms with E-state index in [1.54, 1.807) is 12.1 Å². The lowest BCUT2D eigenvalue weighted by atomic mass is 9.99. The zero-order valence-electron chi connectivity index (χ0n) is 12.9. The van der Waals surface area contributed by atoms with Crippen molar-refractivity contribution < 1.29 is 9.13 Å². The Kier molecular flexibility index (Phi) is 4.73. The fourth-order valence-corrected chi connectivity index (χ4v) is 2.96. The van der Waals surface area contributed by atoms with Gasteiger partial charge >= 0.3 is 0 Å². The molecule has 1 saturated heterocycles. The van der Waals surface area contributed by atoms with E-state index in [1.807, 2.05) is 17.9 Å². The maximum absolute atomic E-state index is 12.9. The highest BCUT2D eigenvalue weighted by Gasteiger charge is 2.21. The van der Waals surface area contributed by atoms with Gasteiger partial charge < -0.3 is 4.74 Å². The second-order valence-corrected chi connectivity index (χ2v) is 5.95. The van der Waals surface area contributed by atoms with Crippen molar-refractivity contribution in [3.8, 4) is 5.75 Å². The maximum atomic E-state index is 12.9. The van der Waals surface area contributed by atoms with Crippen molar-refractivity contribution in [3.05, 3.63) is 48.0 Å². The largest absolute Gasteiger partial charge is 0.493 e. The van der Waals surface area contributed by atoms with Crippen LogP contribution in [0.2, 0.25) is 0 Å². The van der Waals surface area contributed by atoms with Crippen LogP contribution in [-0.2, 0) is 13.6 Å². The Labute approximate surface area is 130 Å². The first-order valence-corrected chi connectivity index (χ1v) is 7.78. The van der Waals surface area contributed by atoms with Crippen LogP contribution in [0.25, 0.3) is 0 Å². The Morgan fingerprint density at radius 2 is 2.09 bits per heavy atom. The third-order valence-electron chi connectivity index (χ3n) is 4.21. The van der Waals surface area contributed by atoms with E-state index >= 15 is 0 Å². The molecule has 22 heavy (non-hydrogen) atoms. The smallest absolute Gasteiger partial charge is 0.123 e. The summed E-state index contributed by atoms with van der Waals surface area (Å²) >= 11 is 0. The van der Waals surface area contributed by atoms with Gasteiger partial charge in [-0.15, -0.1) is 0 Å². The molecule has 0 N–H and O–H groups in total. The van der Waals surface area contributed by atoms with Crippen molar-refractivity contribution >= 4 is 0 Å². The number of halogens is 1. The molecule has 1 aliphatic heterocycles. The van der Waals surface area contributed by atoms with Crippen LogP contribution in [0.3, 0.4) is 0 Å². The fraction of sp³-hybridized carbons (Fsp3) is 0.471. The molecule has 2 aromatic rings. The second kappa shape index (κ2) is 6.92. The first-order valence-electron chi connectivity index (χ1n) is 7.78. The van der Waals surface area contributed by atoms with E-state index in [2.05, 4.69) is 16.1 Å². The number of aryl methyl sites for hydroxylation is 1. The van der Waals surface area contributed by atoms with Crippen LogP contribution in [-0.4, -0.2) is 34.4 Å². The summed E-state index contributed by atoms with van der Waals surface area (Å²) in [5, 5.41) is 4.22. The zero-order valence-corrected chi connectivity index (χ0v) is 12.9. The summed E-state index contributed by atoms with van der Waals surface area (Å²) in [4.78, 5) is 2.46. The third-order valence-corrected chi connectivity index (χ3v) is 4.21. The van der Waals surface area contributed by atoms with Crippen molar-refractivity contribution in [2.45, 2.75) is 19.4 Å². The molecule has 1 fully saturated rings. The van der Waals surface area contributed by atoms with Crippen LogP contribution in [0.5, 0.6) is 5.75 Å². The molecule has 1 aromatic heterocycles. The van der Waals surface area contributed by atoms with E-state index in [9.17, 15) is 4.39 Å². The molecule has 118 valence electrons. The standard InChI is InChI=1S/C17H22FN3O/c1-20-16(8-9-19-20)12-21-10-2-3-14(11-21)13-22-17-6-4-15(18)5-7-17/h4-9,14H,2-3,10-13H2,1H3/t14-/m0/s1. The van der Waals surface area contributed by atoms with E-state index in [1.165, 1.54) is 30.7 Å². The first kappa shape index (κ1) is 15.0. The molecule has 4 nitrogen and oxygen atoms in total. The molecule has 2 heterocycles.